The summed E-state index contributed by atoms with van der Waals surface area (Å²) in [6.45, 7) is 6.51. The van der Waals surface area contributed by atoms with Crippen molar-refractivity contribution >= 4 is 27.4 Å². The van der Waals surface area contributed by atoms with Crippen molar-refractivity contribution in [3.63, 3.8) is 0 Å². The molecule has 1 aromatic heterocycles. The van der Waals surface area contributed by atoms with Gasteiger partial charge in [-0.3, -0.25) is 20.0 Å². The summed E-state index contributed by atoms with van der Waals surface area (Å²) in [4.78, 5) is 22.5. The lowest BCUT2D eigenvalue weighted by Crippen LogP contribution is -2.22. The number of rotatable bonds is 7. The summed E-state index contributed by atoms with van der Waals surface area (Å²) in [5.74, 6) is -3.69. The van der Waals surface area contributed by atoms with E-state index in [-0.39, 0.29) is 11.4 Å². The molecule has 12 heteroatoms. The van der Waals surface area contributed by atoms with Gasteiger partial charge in [-0.2, -0.15) is 5.10 Å². The molecule has 0 aliphatic heterocycles. The van der Waals surface area contributed by atoms with E-state index in [0.29, 0.717) is 12.3 Å². The Morgan fingerprint density at radius 2 is 2.00 bits per heavy atom. The summed E-state index contributed by atoms with van der Waals surface area (Å²) in [5.41, 5.74) is 0.160. The second-order valence-electron chi connectivity index (χ2n) is 6.08. The number of carbonyl (C=O) groups excluding carboxylic acids is 2. The highest BCUT2D eigenvalue weighted by atomic mass is 31.1. The summed E-state index contributed by atoms with van der Waals surface area (Å²) < 4.78 is 47.1. The molecule has 4 N–H and O–H groups in total. The van der Waals surface area contributed by atoms with Crippen LogP contribution in [0.1, 0.15) is 37.7 Å². The van der Waals surface area contributed by atoms with Crippen molar-refractivity contribution in [2.75, 3.05) is 25.7 Å². The Bertz CT molecular complexity index is 735. The van der Waals surface area contributed by atoms with Crippen LogP contribution in [0.15, 0.2) is 42.2 Å². The summed E-state index contributed by atoms with van der Waals surface area (Å²) in [6, 6.07) is 0.685. The second kappa shape index (κ2) is 20.5. The Balaban J connectivity index is 0. The second-order valence-corrected chi connectivity index (χ2v) is 6.08. The number of carbonyl (C=O) groups is 2. The normalized spacial score (nSPS) is 15.1. The Morgan fingerprint density at radius 3 is 2.44 bits per heavy atom. The predicted octanol–water partition coefficient (Wildman–Crippen LogP) is 4.33. The largest absolute Gasteiger partial charge is 0.322 e. The number of hydrogen-bond donors (Lipinski definition) is 4. The van der Waals surface area contributed by atoms with E-state index in [1.807, 2.05) is 14.0 Å². The highest BCUT2D eigenvalue weighted by Crippen LogP contribution is 2.23. The van der Waals surface area contributed by atoms with Crippen molar-refractivity contribution in [1.29, 1.82) is 0 Å². The van der Waals surface area contributed by atoms with E-state index in [4.69, 9.17) is 0 Å². The fraction of sp³-hybridized carbons (Fsp3) is 0.450. The van der Waals surface area contributed by atoms with E-state index in [2.05, 4.69) is 40.0 Å². The first-order valence-corrected chi connectivity index (χ1v) is 10.1. The van der Waals surface area contributed by atoms with Crippen LogP contribution in [0.3, 0.4) is 0 Å². The van der Waals surface area contributed by atoms with Crippen LogP contribution in [-0.2, 0) is 4.79 Å². The minimum absolute atomic E-state index is 0.0499. The molecular weight excluding hydrogens is 449 g/mol. The van der Waals surface area contributed by atoms with Crippen LogP contribution in [0.25, 0.3) is 0 Å². The molecule has 2 rings (SSSR count). The highest BCUT2D eigenvalue weighted by molar-refractivity contribution is 7.09. The number of aromatic amines is 1. The fourth-order valence-electron chi connectivity index (χ4n) is 1.83. The van der Waals surface area contributed by atoms with E-state index in [1.54, 1.807) is 0 Å². The monoisotopic (exact) mass is 481 g/mol. The molecule has 0 saturated carbocycles. The minimum Gasteiger partial charge on any atom is -0.322 e. The third-order valence-corrected chi connectivity index (χ3v) is 3.91. The molecule has 0 saturated heterocycles. The van der Waals surface area contributed by atoms with Crippen molar-refractivity contribution in [3.05, 3.63) is 47.8 Å². The number of nitrogens with zero attached hydrogens (tertiary/aromatic N) is 1. The van der Waals surface area contributed by atoms with Gasteiger partial charge in [-0.25, -0.2) is 17.4 Å². The van der Waals surface area contributed by atoms with Gasteiger partial charge in [-0.1, -0.05) is 19.9 Å². The van der Waals surface area contributed by atoms with Crippen molar-refractivity contribution in [1.82, 2.24) is 20.8 Å². The number of hydrogen-bond acceptors (Lipinski definition) is 5. The highest BCUT2D eigenvalue weighted by Gasteiger charge is 2.24. The Labute approximate surface area is 188 Å². The molecule has 3 unspecified atom stereocenters. The van der Waals surface area contributed by atoms with Crippen LogP contribution in [-0.4, -0.2) is 48.8 Å². The van der Waals surface area contributed by atoms with Gasteiger partial charge in [-0.15, -0.1) is 0 Å². The average Bonchev–Trinajstić information content (AvgIpc) is 3.18. The fourth-order valence-corrected chi connectivity index (χ4v) is 1.83. The number of allylic oxidation sites excluding steroid dienone is 4. The molecule has 7 nitrogen and oxygen atoms in total. The molecule has 32 heavy (non-hydrogen) atoms. The van der Waals surface area contributed by atoms with Gasteiger partial charge >= 0.3 is 0 Å². The molecule has 0 fully saturated rings. The maximum atomic E-state index is 13.6. The van der Waals surface area contributed by atoms with Gasteiger partial charge in [-0.05, 0) is 45.2 Å². The molecule has 0 aromatic carbocycles. The summed E-state index contributed by atoms with van der Waals surface area (Å²) >= 11 is 0. The summed E-state index contributed by atoms with van der Waals surface area (Å²) in [7, 11) is 2.90. The number of halogens is 4. The number of nitrogens with one attached hydrogen (secondary N) is 4. The van der Waals surface area contributed by atoms with E-state index >= 15 is 0 Å². The molecule has 1 aliphatic carbocycles. The number of aromatic nitrogens is 2. The smallest absolute Gasteiger partial charge is 0.238 e. The molecule has 1 amide bonds. The lowest BCUT2D eigenvalue weighted by atomic mass is 10.1. The van der Waals surface area contributed by atoms with Gasteiger partial charge in [0.1, 0.15) is 30.1 Å². The Hall–Kier alpha value is -2.36. The quantitative estimate of drug-likeness (QED) is 0.201. The maximum Gasteiger partial charge on any atom is 0.238 e. The lowest BCUT2D eigenvalue weighted by Gasteiger charge is -2.10. The van der Waals surface area contributed by atoms with Crippen molar-refractivity contribution in [3.8, 4) is 0 Å². The van der Waals surface area contributed by atoms with Crippen molar-refractivity contribution in [2.45, 2.75) is 33.2 Å². The zero-order valence-electron chi connectivity index (χ0n) is 18.6. The number of aldehydes is 1. The number of anilines is 1. The van der Waals surface area contributed by atoms with E-state index in [1.165, 1.54) is 18.7 Å². The van der Waals surface area contributed by atoms with E-state index in [9.17, 15) is 27.0 Å². The first-order valence-electron chi connectivity index (χ1n) is 9.70. The van der Waals surface area contributed by atoms with Gasteiger partial charge in [0.25, 0.3) is 0 Å². The van der Waals surface area contributed by atoms with Crippen LogP contribution >= 0.6 is 9.55 Å². The molecule has 3 atom stereocenters. The first kappa shape index (κ1) is 31.8. The van der Waals surface area contributed by atoms with Gasteiger partial charge in [0.2, 0.25) is 5.91 Å². The molecule has 1 aliphatic rings. The van der Waals surface area contributed by atoms with Crippen molar-refractivity contribution < 1.29 is 27.0 Å². The third kappa shape index (κ3) is 13.8. The molecule has 1 aromatic rings. The predicted molar refractivity (Wildman–Crippen MR) is 123 cm³/mol. The SMILES string of the molecule is CCC(C)NC.CCNCF.FP.O=Cc1[nH]ncc1NC(=O)C1C=C(F)C=CC=C1F. The van der Waals surface area contributed by atoms with E-state index in [0.717, 1.165) is 34.3 Å². The molecule has 1 heterocycles. The average molecular weight is 481 g/mol. The molecule has 0 spiro atoms. The van der Waals surface area contributed by atoms with Crippen molar-refractivity contribution in [2.24, 2.45) is 5.92 Å². The number of amides is 1. The minimum atomic E-state index is -1.38. The molecular formula is C20H32F4N5O2P. The summed E-state index contributed by atoms with van der Waals surface area (Å²) in [5, 5.41) is 13.8. The van der Waals surface area contributed by atoms with Gasteiger partial charge in [0.05, 0.1) is 21.4 Å². The van der Waals surface area contributed by atoms with Crippen LogP contribution in [0.2, 0.25) is 0 Å². The molecule has 0 radical (unpaired) electrons. The summed E-state index contributed by atoms with van der Waals surface area (Å²) in [6.07, 6.45) is 6.95. The molecule has 0 bridgehead atoms. The Kier molecular flexibility index (Phi) is 20.4. The zero-order valence-corrected chi connectivity index (χ0v) is 19.7. The molecule has 182 valence electrons. The standard InChI is InChI=1S/C12H9F2N3O2.C5H13N.C3H8FN.FH2P/c13-7-2-1-3-9(14)8(4-7)12(19)16-10-5-15-17-11(10)6-18;1-4-5(2)6-3;1-2-5-3-4;1-2/h1-6,8H,(H,15,17)(H,16,19);5-6H,4H2,1-3H3;5H,2-3H2,1H3;2H2. The maximum absolute atomic E-state index is 13.6. The van der Waals surface area contributed by atoms with Gasteiger partial charge < -0.3 is 10.6 Å². The lowest BCUT2D eigenvalue weighted by molar-refractivity contribution is -0.118. The number of H-pyrrole nitrogens is 1. The van der Waals surface area contributed by atoms with Crippen LogP contribution in [0, 0.1) is 5.92 Å². The van der Waals surface area contributed by atoms with E-state index < -0.39 is 30.3 Å². The van der Waals surface area contributed by atoms with Gasteiger partial charge in [0.15, 0.2) is 6.29 Å². The first-order chi connectivity index (χ1) is 15.3. The van der Waals surface area contributed by atoms with Crippen LogP contribution in [0.5, 0.6) is 0 Å². The topological polar surface area (TPSA) is 98.9 Å². The number of alkyl halides is 1. The Morgan fingerprint density at radius 1 is 1.34 bits per heavy atom. The van der Waals surface area contributed by atoms with Crippen LogP contribution < -0.4 is 16.0 Å². The third-order valence-electron chi connectivity index (χ3n) is 3.91. The zero-order chi connectivity index (χ0) is 24.9. The van der Waals surface area contributed by atoms with Crippen LogP contribution in [0.4, 0.5) is 23.1 Å². The van der Waals surface area contributed by atoms with Gasteiger partial charge in [0, 0.05) is 6.04 Å².